The van der Waals surface area contributed by atoms with Gasteiger partial charge in [-0.3, -0.25) is 14.4 Å². The standard InChI is InChI=1S/C30H40ClN3O5/c1-21-10-12-26(38-5)23(18-21)19-28(35)34-15-7-6-14-32(3)29(36)22(2)33(4)30(37)25-20-24(31)11-13-27(25)39-17-9-8-16-34/h10-13,18,20,22H,6-9,14-17,19H2,1-5H3/t22-/m0/s1. The van der Waals surface area contributed by atoms with Gasteiger partial charge in [0.05, 0.1) is 25.7 Å². The molecule has 3 amide bonds. The number of hydrogen-bond donors (Lipinski definition) is 0. The number of carbonyl (C=O) groups excluding carboxylic acids is 3. The summed E-state index contributed by atoms with van der Waals surface area (Å²) in [5.74, 6) is 0.699. The second-order valence-electron chi connectivity index (χ2n) is 10.1. The second kappa shape index (κ2) is 14.2. The molecule has 2 aromatic rings. The predicted octanol–water partition coefficient (Wildman–Crippen LogP) is 4.60. The third-order valence-corrected chi connectivity index (χ3v) is 7.42. The molecule has 1 aliphatic heterocycles. The van der Waals surface area contributed by atoms with E-state index in [-0.39, 0.29) is 24.1 Å². The fourth-order valence-corrected chi connectivity index (χ4v) is 4.85. The van der Waals surface area contributed by atoms with Crippen LogP contribution in [0.25, 0.3) is 0 Å². The van der Waals surface area contributed by atoms with Gasteiger partial charge in [0.25, 0.3) is 5.91 Å². The molecular weight excluding hydrogens is 518 g/mol. The first-order chi connectivity index (χ1) is 18.6. The lowest BCUT2D eigenvalue weighted by atomic mass is 10.1. The highest BCUT2D eigenvalue weighted by Gasteiger charge is 2.28. The van der Waals surface area contributed by atoms with Crippen LogP contribution in [0.2, 0.25) is 5.02 Å². The monoisotopic (exact) mass is 557 g/mol. The number of aryl methyl sites for hydroxylation is 1. The summed E-state index contributed by atoms with van der Waals surface area (Å²) < 4.78 is 11.5. The molecule has 0 radical (unpaired) electrons. The molecule has 0 saturated heterocycles. The van der Waals surface area contributed by atoms with Crippen molar-refractivity contribution in [3.05, 3.63) is 58.1 Å². The molecule has 1 aliphatic rings. The van der Waals surface area contributed by atoms with E-state index in [1.807, 2.05) is 30.0 Å². The average Bonchev–Trinajstić information content (AvgIpc) is 2.92. The summed E-state index contributed by atoms with van der Waals surface area (Å²) in [4.78, 5) is 44.7. The van der Waals surface area contributed by atoms with Crippen molar-refractivity contribution in [2.24, 2.45) is 0 Å². The topological polar surface area (TPSA) is 79.4 Å². The number of hydrogen-bond acceptors (Lipinski definition) is 5. The van der Waals surface area contributed by atoms with Crippen molar-refractivity contribution in [1.82, 2.24) is 14.7 Å². The van der Waals surface area contributed by atoms with Gasteiger partial charge in [0.1, 0.15) is 17.5 Å². The Morgan fingerprint density at radius 2 is 1.72 bits per heavy atom. The summed E-state index contributed by atoms with van der Waals surface area (Å²) in [5.41, 5.74) is 2.27. The average molecular weight is 558 g/mol. The lowest BCUT2D eigenvalue weighted by Crippen LogP contribution is -2.47. The smallest absolute Gasteiger partial charge is 0.258 e. The Kier molecular flexibility index (Phi) is 11.0. The first-order valence-electron chi connectivity index (χ1n) is 13.5. The number of likely N-dealkylation sites (N-methyl/N-ethyl adjacent to an activating group) is 2. The zero-order valence-electron chi connectivity index (χ0n) is 23.7. The Hall–Kier alpha value is -3.26. The van der Waals surface area contributed by atoms with Gasteiger partial charge < -0.3 is 24.2 Å². The zero-order valence-corrected chi connectivity index (χ0v) is 24.4. The van der Waals surface area contributed by atoms with Gasteiger partial charge >= 0.3 is 0 Å². The highest BCUT2D eigenvalue weighted by atomic mass is 35.5. The SMILES string of the molecule is COc1ccc(C)cc1CC(=O)N1CCCCOc2ccc(Cl)cc2C(=O)N(C)[C@@H](C)C(=O)N(C)CCCC1. The number of benzene rings is 2. The minimum Gasteiger partial charge on any atom is -0.496 e. The number of halogens is 1. The zero-order chi connectivity index (χ0) is 28.5. The molecule has 0 N–H and O–H groups in total. The van der Waals surface area contributed by atoms with Crippen LogP contribution in [0.5, 0.6) is 11.5 Å². The molecule has 2 aromatic carbocycles. The molecule has 1 atom stereocenters. The van der Waals surface area contributed by atoms with Crippen LogP contribution >= 0.6 is 11.6 Å². The Morgan fingerprint density at radius 1 is 1.03 bits per heavy atom. The van der Waals surface area contributed by atoms with Gasteiger partial charge in [0, 0.05) is 44.3 Å². The number of rotatable bonds is 3. The number of fused-ring (bicyclic) bond motifs is 1. The van der Waals surface area contributed by atoms with E-state index in [0.29, 0.717) is 54.7 Å². The Bertz CT molecular complexity index is 1170. The van der Waals surface area contributed by atoms with Crippen LogP contribution in [-0.4, -0.2) is 85.9 Å². The Labute approximate surface area is 236 Å². The highest BCUT2D eigenvalue weighted by molar-refractivity contribution is 6.31. The summed E-state index contributed by atoms with van der Waals surface area (Å²) in [6, 6.07) is 10.1. The molecule has 0 fully saturated rings. The molecule has 39 heavy (non-hydrogen) atoms. The molecule has 8 nitrogen and oxygen atoms in total. The predicted molar refractivity (Wildman–Crippen MR) is 153 cm³/mol. The summed E-state index contributed by atoms with van der Waals surface area (Å²) in [7, 11) is 4.97. The lowest BCUT2D eigenvalue weighted by Gasteiger charge is -2.29. The molecule has 0 saturated carbocycles. The number of nitrogens with zero attached hydrogens (tertiary/aromatic N) is 3. The molecular formula is C30H40ClN3O5. The van der Waals surface area contributed by atoms with Crippen molar-refractivity contribution in [2.75, 3.05) is 47.4 Å². The normalized spacial score (nSPS) is 18.3. The van der Waals surface area contributed by atoms with Crippen LogP contribution in [0.3, 0.4) is 0 Å². The van der Waals surface area contributed by atoms with Crippen LogP contribution in [0, 0.1) is 6.92 Å². The summed E-state index contributed by atoms with van der Waals surface area (Å²) in [5, 5.41) is 0.417. The van der Waals surface area contributed by atoms with E-state index in [2.05, 4.69) is 0 Å². The van der Waals surface area contributed by atoms with Crippen molar-refractivity contribution in [1.29, 1.82) is 0 Å². The van der Waals surface area contributed by atoms with Gasteiger partial charge in [0.15, 0.2) is 0 Å². The van der Waals surface area contributed by atoms with Crippen LogP contribution in [0.15, 0.2) is 36.4 Å². The Morgan fingerprint density at radius 3 is 2.44 bits per heavy atom. The van der Waals surface area contributed by atoms with E-state index >= 15 is 0 Å². The summed E-state index contributed by atoms with van der Waals surface area (Å²) >= 11 is 6.19. The van der Waals surface area contributed by atoms with Crippen molar-refractivity contribution in [3.8, 4) is 11.5 Å². The van der Waals surface area contributed by atoms with Gasteiger partial charge in [-0.25, -0.2) is 0 Å². The lowest BCUT2D eigenvalue weighted by molar-refractivity contribution is -0.134. The molecule has 9 heteroatoms. The van der Waals surface area contributed by atoms with Gasteiger partial charge in [-0.05, 0) is 63.8 Å². The first-order valence-corrected chi connectivity index (χ1v) is 13.9. The molecule has 212 valence electrons. The number of carbonyl (C=O) groups is 3. The van der Waals surface area contributed by atoms with Crippen LogP contribution in [0.1, 0.15) is 54.1 Å². The second-order valence-corrected chi connectivity index (χ2v) is 10.6. The van der Waals surface area contributed by atoms with Crippen molar-refractivity contribution >= 4 is 29.3 Å². The van der Waals surface area contributed by atoms with E-state index in [0.717, 1.165) is 30.4 Å². The number of amides is 3. The molecule has 0 spiro atoms. The highest BCUT2D eigenvalue weighted by Crippen LogP contribution is 2.26. The van der Waals surface area contributed by atoms with Gasteiger partial charge in [0.2, 0.25) is 11.8 Å². The van der Waals surface area contributed by atoms with E-state index in [1.54, 1.807) is 51.2 Å². The van der Waals surface area contributed by atoms with Crippen LogP contribution < -0.4 is 9.47 Å². The maximum absolute atomic E-state index is 13.4. The molecule has 0 aliphatic carbocycles. The van der Waals surface area contributed by atoms with Crippen molar-refractivity contribution in [3.63, 3.8) is 0 Å². The molecule has 1 heterocycles. The fraction of sp³-hybridized carbons (Fsp3) is 0.500. The van der Waals surface area contributed by atoms with Crippen LogP contribution in [0.4, 0.5) is 0 Å². The first kappa shape index (κ1) is 30.3. The maximum atomic E-state index is 13.4. The quantitative estimate of drug-likeness (QED) is 0.551. The van der Waals surface area contributed by atoms with Crippen molar-refractivity contribution < 1.29 is 23.9 Å². The third-order valence-electron chi connectivity index (χ3n) is 7.19. The van der Waals surface area contributed by atoms with Gasteiger partial charge in [-0.2, -0.15) is 0 Å². The van der Waals surface area contributed by atoms with E-state index in [9.17, 15) is 14.4 Å². The minimum absolute atomic E-state index is 0.0444. The largest absolute Gasteiger partial charge is 0.496 e. The molecule has 0 unspecified atom stereocenters. The van der Waals surface area contributed by atoms with Crippen molar-refractivity contribution in [2.45, 2.75) is 52.0 Å². The van der Waals surface area contributed by atoms with E-state index in [1.165, 1.54) is 4.90 Å². The molecule has 0 bridgehead atoms. The maximum Gasteiger partial charge on any atom is 0.258 e. The number of methoxy groups -OCH3 is 1. The molecule has 0 aromatic heterocycles. The van der Waals surface area contributed by atoms with Gasteiger partial charge in [-0.15, -0.1) is 0 Å². The van der Waals surface area contributed by atoms with Crippen LogP contribution in [-0.2, 0) is 16.0 Å². The van der Waals surface area contributed by atoms with E-state index in [4.69, 9.17) is 21.1 Å². The number of ether oxygens (including phenoxy) is 2. The fourth-order valence-electron chi connectivity index (χ4n) is 4.68. The third kappa shape index (κ3) is 8.12. The molecule has 3 rings (SSSR count). The summed E-state index contributed by atoms with van der Waals surface area (Å²) in [6.07, 6.45) is 3.23. The summed E-state index contributed by atoms with van der Waals surface area (Å²) in [6.45, 7) is 5.83. The minimum atomic E-state index is -0.660. The van der Waals surface area contributed by atoms with Gasteiger partial charge in [-0.1, -0.05) is 29.3 Å². The van der Waals surface area contributed by atoms with E-state index < -0.39 is 6.04 Å². The Balaban J connectivity index is 1.78.